The van der Waals surface area contributed by atoms with Crippen molar-refractivity contribution in [2.75, 3.05) is 5.32 Å². The molecular weight excluding hydrogens is 439 g/mol. The molecule has 1 amide bonds. The van der Waals surface area contributed by atoms with Crippen LogP contribution in [0.15, 0.2) is 78.2 Å². The quantitative estimate of drug-likeness (QED) is 0.342. The van der Waals surface area contributed by atoms with E-state index in [-0.39, 0.29) is 5.91 Å². The molecule has 1 N–H and O–H groups in total. The molecule has 4 aromatic rings. The SMILES string of the molecule is O=C(Nc1ccccc1)c1csc(-c2ccc(OCc3ccc(Cl)cc3Cl)cc2)n1. The third kappa shape index (κ3) is 5.00. The number of carbonyl (C=O) groups excluding carboxylic acids is 1. The number of rotatable bonds is 6. The Hall–Kier alpha value is -2.86. The van der Waals surface area contributed by atoms with Crippen LogP contribution in [0.3, 0.4) is 0 Å². The van der Waals surface area contributed by atoms with Crippen molar-refractivity contribution in [3.8, 4) is 16.3 Å². The maximum absolute atomic E-state index is 12.4. The van der Waals surface area contributed by atoms with E-state index in [4.69, 9.17) is 27.9 Å². The van der Waals surface area contributed by atoms with E-state index in [1.807, 2.05) is 60.7 Å². The van der Waals surface area contributed by atoms with E-state index in [1.54, 1.807) is 17.5 Å². The Morgan fingerprint density at radius 2 is 1.77 bits per heavy atom. The third-order valence-corrected chi connectivity index (χ3v) is 5.76. The first-order valence-electron chi connectivity index (χ1n) is 9.07. The van der Waals surface area contributed by atoms with Gasteiger partial charge in [-0.1, -0.05) is 47.5 Å². The first-order chi connectivity index (χ1) is 14.6. The van der Waals surface area contributed by atoms with Crippen LogP contribution >= 0.6 is 34.5 Å². The highest BCUT2D eigenvalue weighted by atomic mass is 35.5. The average Bonchev–Trinajstić information content (AvgIpc) is 3.25. The smallest absolute Gasteiger partial charge is 0.275 e. The summed E-state index contributed by atoms with van der Waals surface area (Å²) in [6.45, 7) is 0.344. The summed E-state index contributed by atoms with van der Waals surface area (Å²) in [5.74, 6) is 0.479. The van der Waals surface area contributed by atoms with Crippen LogP contribution in [0.25, 0.3) is 10.6 Å². The van der Waals surface area contributed by atoms with Gasteiger partial charge in [0.05, 0.1) is 0 Å². The molecule has 0 saturated heterocycles. The lowest BCUT2D eigenvalue weighted by Gasteiger charge is -2.08. The van der Waals surface area contributed by atoms with Crippen LogP contribution < -0.4 is 10.1 Å². The molecule has 30 heavy (non-hydrogen) atoms. The molecule has 0 saturated carbocycles. The van der Waals surface area contributed by atoms with Crippen LogP contribution in [0, 0.1) is 0 Å². The van der Waals surface area contributed by atoms with E-state index >= 15 is 0 Å². The molecule has 0 aliphatic rings. The van der Waals surface area contributed by atoms with Crippen LogP contribution in [0.5, 0.6) is 5.75 Å². The van der Waals surface area contributed by atoms with Crippen molar-refractivity contribution in [3.63, 3.8) is 0 Å². The number of nitrogens with one attached hydrogen (secondary N) is 1. The minimum atomic E-state index is -0.233. The highest BCUT2D eigenvalue weighted by Crippen LogP contribution is 2.27. The molecule has 4 rings (SSSR count). The normalized spacial score (nSPS) is 10.6. The topological polar surface area (TPSA) is 51.2 Å². The van der Waals surface area contributed by atoms with Crippen molar-refractivity contribution in [1.29, 1.82) is 0 Å². The minimum Gasteiger partial charge on any atom is -0.489 e. The second-order valence-corrected chi connectivity index (χ2v) is 8.11. The van der Waals surface area contributed by atoms with Gasteiger partial charge in [-0.05, 0) is 48.5 Å². The number of halogens is 2. The van der Waals surface area contributed by atoms with Gasteiger partial charge in [0.1, 0.15) is 23.1 Å². The zero-order chi connectivity index (χ0) is 20.9. The van der Waals surface area contributed by atoms with Crippen molar-refractivity contribution in [3.05, 3.63) is 99.5 Å². The number of thiazole rings is 1. The number of anilines is 1. The fraction of sp³-hybridized carbons (Fsp3) is 0.0435. The molecule has 7 heteroatoms. The van der Waals surface area contributed by atoms with E-state index in [2.05, 4.69) is 10.3 Å². The first-order valence-corrected chi connectivity index (χ1v) is 10.7. The first kappa shape index (κ1) is 20.4. The minimum absolute atomic E-state index is 0.233. The van der Waals surface area contributed by atoms with E-state index in [0.29, 0.717) is 28.1 Å². The van der Waals surface area contributed by atoms with Crippen LogP contribution in [-0.2, 0) is 6.61 Å². The van der Waals surface area contributed by atoms with Gasteiger partial charge in [0.25, 0.3) is 5.91 Å². The Labute approximate surface area is 188 Å². The van der Waals surface area contributed by atoms with Gasteiger partial charge in [-0.2, -0.15) is 0 Å². The number of hydrogen-bond donors (Lipinski definition) is 1. The molecule has 0 atom stereocenters. The van der Waals surface area contributed by atoms with Gasteiger partial charge in [0.15, 0.2) is 0 Å². The molecular formula is C23H16Cl2N2O2S. The van der Waals surface area contributed by atoms with Crippen LogP contribution in [0.2, 0.25) is 10.0 Å². The molecule has 0 spiro atoms. The van der Waals surface area contributed by atoms with Gasteiger partial charge in [-0.3, -0.25) is 4.79 Å². The Morgan fingerprint density at radius 3 is 2.50 bits per heavy atom. The van der Waals surface area contributed by atoms with Crippen molar-refractivity contribution in [2.45, 2.75) is 6.61 Å². The average molecular weight is 455 g/mol. The standard InChI is InChI=1S/C23H16Cl2N2O2S/c24-17-9-6-16(20(25)12-17)13-29-19-10-7-15(8-11-19)23-27-21(14-30-23)22(28)26-18-4-2-1-3-5-18/h1-12,14H,13H2,(H,26,28). The van der Waals surface area contributed by atoms with Crippen molar-refractivity contribution < 1.29 is 9.53 Å². The Bertz CT molecular complexity index is 1160. The number of nitrogens with zero attached hydrogens (tertiary/aromatic N) is 1. The number of aromatic nitrogens is 1. The largest absolute Gasteiger partial charge is 0.489 e. The number of carbonyl (C=O) groups is 1. The monoisotopic (exact) mass is 454 g/mol. The second-order valence-electron chi connectivity index (χ2n) is 6.41. The maximum atomic E-state index is 12.4. The maximum Gasteiger partial charge on any atom is 0.275 e. The summed E-state index contributed by atoms with van der Waals surface area (Å²) >= 11 is 13.5. The fourth-order valence-corrected chi connectivity index (χ4v) is 3.99. The predicted octanol–water partition coefficient (Wildman–Crippen LogP) is 6.95. The Kier molecular flexibility index (Phi) is 6.33. The lowest BCUT2D eigenvalue weighted by Crippen LogP contribution is -2.12. The molecule has 0 aliphatic heterocycles. The van der Waals surface area contributed by atoms with Gasteiger partial charge >= 0.3 is 0 Å². The zero-order valence-corrected chi connectivity index (χ0v) is 18.0. The Balaban J connectivity index is 1.40. The van der Waals surface area contributed by atoms with Crippen molar-refractivity contribution in [1.82, 2.24) is 4.98 Å². The van der Waals surface area contributed by atoms with Crippen molar-refractivity contribution >= 4 is 46.1 Å². The molecule has 1 heterocycles. The van der Waals surface area contributed by atoms with Gasteiger partial charge in [0, 0.05) is 32.2 Å². The molecule has 0 bridgehead atoms. The summed E-state index contributed by atoms with van der Waals surface area (Å²) < 4.78 is 5.80. The predicted molar refractivity (Wildman–Crippen MR) is 123 cm³/mol. The lowest BCUT2D eigenvalue weighted by molar-refractivity contribution is 0.102. The van der Waals surface area contributed by atoms with Crippen LogP contribution in [-0.4, -0.2) is 10.9 Å². The van der Waals surface area contributed by atoms with Crippen LogP contribution in [0.4, 0.5) is 5.69 Å². The molecule has 3 aromatic carbocycles. The number of benzene rings is 3. The highest BCUT2D eigenvalue weighted by molar-refractivity contribution is 7.13. The van der Waals surface area contributed by atoms with Crippen molar-refractivity contribution in [2.24, 2.45) is 0 Å². The van der Waals surface area contributed by atoms with Crippen LogP contribution in [0.1, 0.15) is 16.1 Å². The molecule has 0 aliphatic carbocycles. The molecule has 150 valence electrons. The number of amides is 1. The summed E-state index contributed by atoms with van der Waals surface area (Å²) in [4.78, 5) is 16.8. The van der Waals surface area contributed by atoms with E-state index in [0.717, 1.165) is 21.8 Å². The zero-order valence-electron chi connectivity index (χ0n) is 15.6. The van der Waals surface area contributed by atoms with Gasteiger partial charge in [-0.25, -0.2) is 4.98 Å². The molecule has 0 radical (unpaired) electrons. The summed E-state index contributed by atoms with van der Waals surface area (Å²) in [5.41, 5.74) is 2.89. The lowest BCUT2D eigenvalue weighted by atomic mass is 10.2. The van der Waals surface area contributed by atoms with Gasteiger partial charge < -0.3 is 10.1 Å². The number of hydrogen-bond acceptors (Lipinski definition) is 4. The fourth-order valence-electron chi connectivity index (χ4n) is 2.72. The number of ether oxygens (including phenoxy) is 1. The molecule has 0 fully saturated rings. The third-order valence-electron chi connectivity index (χ3n) is 4.28. The van der Waals surface area contributed by atoms with E-state index < -0.39 is 0 Å². The summed E-state index contributed by atoms with van der Waals surface area (Å²) in [5, 5.41) is 6.52. The summed E-state index contributed by atoms with van der Waals surface area (Å²) in [6, 6.07) is 22.2. The molecule has 1 aromatic heterocycles. The Morgan fingerprint density at radius 1 is 1.00 bits per heavy atom. The second kappa shape index (κ2) is 9.30. The highest BCUT2D eigenvalue weighted by Gasteiger charge is 2.12. The van der Waals surface area contributed by atoms with Gasteiger partial charge in [-0.15, -0.1) is 11.3 Å². The summed E-state index contributed by atoms with van der Waals surface area (Å²) in [6.07, 6.45) is 0. The van der Waals surface area contributed by atoms with E-state index in [9.17, 15) is 4.79 Å². The number of para-hydroxylation sites is 1. The molecule has 0 unspecified atom stereocenters. The van der Waals surface area contributed by atoms with E-state index in [1.165, 1.54) is 11.3 Å². The van der Waals surface area contributed by atoms with Gasteiger partial charge in [0.2, 0.25) is 0 Å². The summed E-state index contributed by atoms with van der Waals surface area (Å²) in [7, 11) is 0. The molecule has 4 nitrogen and oxygen atoms in total.